The van der Waals surface area contributed by atoms with Gasteiger partial charge in [0, 0.05) is 30.0 Å². The van der Waals surface area contributed by atoms with Gasteiger partial charge in [-0.05, 0) is 56.2 Å². The third kappa shape index (κ3) is 3.67. The summed E-state index contributed by atoms with van der Waals surface area (Å²) in [6.45, 7) is 8.28. The van der Waals surface area contributed by atoms with Crippen LogP contribution in [0.3, 0.4) is 0 Å². The van der Waals surface area contributed by atoms with E-state index in [9.17, 15) is 4.79 Å². The molecule has 2 aromatic rings. The van der Waals surface area contributed by atoms with Gasteiger partial charge in [-0.25, -0.2) is 0 Å². The first-order chi connectivity index (χ1) is 10.7. The Hall–Kier alpha value is -2.29. The molecule has 22 heavy (non-hydrogen) atoms. The van der Waals surface area contributed by atoms with Gasteiger partial charge in [-0.1, -0.05) is 25.1 Å². The Morgan fingerprint density at radius 3 is 2.18 bits per heavy atom. The van der Waals surface area contributed by atoms with Gasteiger partial charge >= 0.3 is 0 Å². The second-order valence-electron chi connectivity index (χ2n) is 5.18. The zero-order valence-electron chi connectivity index (χ0n) is 13.6. The third-order valence-electron chi connectivity index (χ3n) is 3.90. The number of anilines is 2. The van der Waals surface area contributed by atoms with Gasteiger partial charge < -0.3 is 10.2 Å². The van der Waals surface area contributed by atoms with Crippen LogP contribution in [0.5, 0.6) is 0 Å². The molecule has 0 saturated carbocycles. The molecule has 3 heteroatoms. The average molecular weight is 296 g/mol. The predicted molar refractivity (Wildman–Crippen MR) is 93.8 cm³/mol. The van der Waals surface area contributed by atoms with Crippen LogP contribution in [0, 0.1) is 0 Å². The molecule has 0 spiro atoms. The van der Waals surface area contributed by atoms with E-state index >= 15 is 0 Å². The maximum absolute atomic E-state index is 12.4. The van der Waals surface area contributed by atoms with Crippen LogP contribution in [0.1, 0.15) is 36.7 Å². The van der Waals surface area contributed by atoms with Crippen molar-refractivity contribution in [2.45, 2.75) is 27.2 Å². The standard InChI is InChI=1S/C19H24N2O/c1-4-15-9-7-8-10-18(15)20-19(22)16-11-13-17(14-12-16)21(5-2)6-3/h7-14H,4-6H2,1-3H3,(H,20,22). The lowest BCUT2D eigenvalue weighted by molar-refractivity contribution is 0.102. The van der Waals surface area contributed by atoms with Crippen molar-refractivity contribution >= 4 is 17.3 Å². The van der Waals surface area contributed by atoms with Crippen molar-refractivity contribution < 1.29 is 4.79 Å². The van der Waals surface area contributed by atoms with Gasteiger partial charge in [0.25, 0.3) is 5.91 Å². The highest BCUT2D eigenvalue weighted by atomic mass is 16.1. The highest BCUT2D eigenvalue weighted by Crippen LogP contribution is 2.18. The number of rotatable bonds is 6. The predicted octanol–water partition coefficient (Wildman–Crippen LogP) is 4.35. The first-order valence-electron chi connectivity index (χ1n) is 7.93. The van der Waals surface area contributed by atoms with Crippen molar-refractivity contribution in [2.24, 2.45) is 0 Å². The van der Waals surface area contributed by atoms with Gasteiger partial charge in [0.05, 0.1) is 0 Å². The summed E-state index contributed by atoms with van der Waals surface area (Å²) in [4.78, 5) is 14.6. The number of hydrogen-bond donors (Lipinski definition) is 1. The summed E-state index contributed by atoms with van der Waals surface area (Å²) in [5.41, 5.74) is 3.87. The minimum absolute atomic E-state index is 0.0630. The van der Waals surface area contributed by atoms with E-state index in [2.05, 4.69) is 31.0 Å². The van der Waals surface area contributed by atoms with E-state index in [1.54, 1.807) is 0 Å². The third-order valence-corrected chi connectivity index (χ3v) is 3.90. The second-order valence-corrected chi connectivity index (χ2v) is 5.18. The number of hydrogen-bond acceptors (Lipinski definition) is 2. The fraction of sp³-hybridized carbons (Fsp3) is 0.316. The quantitative estimate of drug-likeness (QED) is 0.859. The number of nitrogens with one attached hydrogen (secondary N) is 1. The van der Waals surface area contributed by atoms with E-state index in [0.717, 1.165) is 36.4 Å². The highest BCUT2D eigenvalue weighted by Gasteiger charge is 2.09. The Kier molecular flexibility index (Phi) is 5.59. The minimum atomic E-state index is -0.0630. The van der Waals surface area contributed by atoms with E-state index in [-0.39, 0.29) is 5.91 Å². The van der Waals surface area contributed by atoms with Crippen LogP contribution in [0.25, 0.3) is 0 Å². The van der Waals surface area contributed by atoms with E-state index < -0.39 is 0 Å². The average Bonchev–Trinajstić information content (AvgIpc) is 2.57. The van der Waals surface area contributed by atoms with Crippen molar-refractivity contribution in [3.8, 4) is 0 Å². The molecule has 0 saturated heterocycles. The van der Waals surface area contributed by atoms with E-state index in [4.69, 9.17) is 0 Å². The normalized spacial score (nSPS) is 10.3. The molecule has 2 rings (SSSR count). The maximum Gasteiger partial charge on any atom is 0.255 e. The zero-order chi connectivity index (χ0) is 15.9. The Balaban J connectivity index is 2.13. The summed E-state index contributed by atoms with van der Waals surface area (Å²) in [6, 6.07) is 15.7. The van der Waals surface area contributed by atoms with Gasteiger partial charge in [-0.2, -0.15) is 0 Å². The molecule has 0 fully saturated rings. The van der Waals surface area contributed by atoms with Crippen LogP contribution in [0.2, 0.25) is 0 Å². The fourth-order valence-corrected chi connectivity index (χ4v) is 2.56. The van der Waals surface area contributed by atoms with E-state index in [1.165, 1.54) is 0 Å². The molecule has 0 bridgehead atoms. The highest BCUT2D eigenvalue weighted by molar-refractivity contribution is 6.04. The zero-order valence-corrected chi connectivity index (χ0v) is 13.6. The molecule has 0 unspecified atom stereocenters. The molecule has 0 radical (unpaired) electrons. The first kappa shape index (κ1) is 16.1. The van der Waals surface area contributed by atoms with Crippen molar-refractivity contribution in [3.63, 3.8) is 0 Å². The smallest absolute Gasteiger partial charge is 0.255 e. The number of benzene rings is 2. The lowest BCUT2D eigenvalue weighted by Gasteiger charge is -2.21. The largest absolute Gasteiger partial charge is 0.372 e. The molecule has 0 heterocycles. The fourth-order valence-electron chi connectivity index (χ4n) is 2.56. The van der Waals surface area contributed by atoms with Gasteiger partial charge in [0.1, 0.15) is 0 Å². The van der Waals surface area contributed by atoms with Crippen LogP contribution < -0.4 is 10.2 Å². The SMILES string of the molecule is CCc1ccccc1NC(=O)c1ccc(N(CC)CC)cc1. The molecule has 0 atom stereocenters. The Morgan fingerprint density at radius 1 is 0.955 bits per heavy atom. The van der Waals surface area contributed by atoms with E-state index in [0.29, 0.717) is 5.56 Å². The molecule has 3 nitrogen and oxygen atoms in total. The minimum Gasteiger partial charge on any atom is -0.372 e. The molecular weight excluding hydrogens is 272 g/mol. The molecule has 116 valence electrons. The lowest BCUT2D eigenvalue weighted by Crippen LogP contribution is -2.21. The van der Waals surface area contributed by atoms with Crippen LogP contribution in [0.15, 0.2) is 48.5 Å². The van der Waals surface area contributed by atoms with Gasteiger partial charge in [-0.3, -0.25) is 4.79 Å². The molecule has 1 amide bonds. The Labute approximate surface area is 133 Å². The second kappa shape index (κ2) is 7.64. The summed E-state index contributed by atoms with van der Waals surface area (Å²) < 4.78 is 0. The van der Waals surface area contributed by atoms with Gasteiger partial charge in [0.15, 0.2) is 0 Å². The summed E-state index contributed by atoms with van der Waals surface area (Å²) >= 11 is 0. The Morgan fingerprint density at radius 2 is 1.59 bits per heavy atom. The molecule has 0 aliphatic heterocycles. The van der Waals surface area contributed by atoms with Crippen LogP contribution in [0.4, 0.5) is 11.4 Å². The molecular formula is C19H24N2O. The molecule has 2 aromatic carbocycles. The molecule has 0 aromatic heterocycles. The van der Waals surface area contributed by atoms with Crippen molar-refractivity contribution in [1.29, 1.82) is 0 Å². The monoisotopic (exact) mass is 296 g/mol. The topological polar surface area (TPSA) is 32.3 Å². The van der Waals surface area contributed by atoms with Crippen molar-refractivity contribution in [1.82, 2.24) is 0 Å². The lowest BCUT2D eigenvalue weighted by atomic mass is 10.1. The summed E-state index contributed by atoms with van der Waals surface area (Å²) in [5.74, 6) is -0.0630. The Bertz CT molecular complexity index is 616. The van der Waals surface area contributed by atoms with Crippen LogP contribution >= 0.6 is 0 Å². The molecule has 0 aliphatic carbocycles. The molecule has 1 N–H and O–H groups in total. The summed E-state index contributed by atoms with van der Waals surface area (Å²) in [6.07, 6.45) is 0.900. The number of para-hydroxylation sites is 1. The number of amides is 1. The van der Waals surface area contributed by atoms with Crippen molar-refractivity contribution in [3.05, 3.63) is 59.7 Å². The van der Waals surface area contributed by atoms with Crippen molar-refractivity contribution in [2.75, 3.05) is 23.3 Å². The summed E-state index contributed by atoms with van der Waals surface area (Å²) in [5, 5.41) is 3.00. The van der Waals surface area contributed by atoms with Gasteiger partial charge in [-0.15, -0.1) is 0 Å². The number of carbonyl (C=O) groups excluding carboxylic acids is 1. The molecule has 0 aliphatic rings. The number of nitrogens with zero attached hydrogens (tertiary/aromatic N) is 1. The number of carbonyl (C=O) groups is 1. The van der Waals surface area contributed by atoms with Crippen LogP contribution in [-0.2, 0) is 6.42 Å². The van der Waals surface area contributed by atoms with Gasteiger partial charge in [0.2, 0.25) is 0 Å². The first-order valence-corrected chi connectivity index (χ1v) is 7.93. The summed E-state index contributed by atoms with van der Waals surface area (Å²) in [7, 11) is 0. The van der Waals surface area contributed by atoms with Crippen LogP contribution in [-0.4, -0.2) is 19.0 Å². The number of aryl methyl sites for hydroxylation is 1. The maximum atomic E-state index is 12.4. The van der Waals surface area contributed by atoms with E-state index in [1.807, 2.05) is 48.5 Å².